The highest BCUT2D eigenvalue weighted by Gasteiger charge is 2.08. The lowest BCUT2D eigenvalue weighted by Crippen LogP contribution is -1.79. The number of phenols is 1. The molecule has 1 heterocycles. The Morgan fingerprint density at radius 2 is 2.25 bits per heavy atom. The predicted octanol–water partition coefficient (Wildman–Crippen LogP) is 2.24. The van der Waals surface area contributed by atoms with Crippen LogP contribution in [0.5, 0.6) is 5.75 Å². The van der Waals surface area contributed by atoms with Crippen LogP contribution in [-0.4, -0.2) is 10.1 Å². The minimum Gasteiger partial charge on any atom is -0.506 e. The fourth-order valence-corrected chi connectivity index (χ4v) is 2.01. The van der Waals surface area contributed by atoms with Crippen LogP contribution in [0.25, 0.3) is 10.2 Å². The van der Waals surface area contributed by atoms with Crippen molar-refractivity contribution in [2.45, 2.75) is 0 Å². The Hall–Kier alpha value is -1.00. The van der Waals surface area contributed by atoms with Crippen molar-refractivity contribution in [3.05, 3.63) is 17.2 Å². The molecule has 2 aromatic rings. The molecule has 0 atom stereocenters. The number of halogens is 1. The van der Waals surface area contributed by atoms with Crippen LogP contribution >= 0.6 is 22.9 Å². The number of aromatic hydroxyl groups is 1. The number of nitrogens with zero attached hydrogens (tertiary/aromatic N) is 1. The van der Waals surface area contributed by atoms with E-state index >= 15 is 0 Å². The first kappa shape index (κ1) is 7.64. The van der Waals surface area contributed by atoms with E-state index in [2.05, 4.69) is 4.98 Å². The van der Waals surface area contributed by atoms with Gasteiger partial charge in [-0.05, 0) is 12.1 Å². The van der Waals surface area contributed by atoms with E-state index < -0.39 is 0 Å². The van der Waals surface area contributed by atoms with Crippen molar-refractivity contribution < 1.29 is 5.11 Å². The summed E-state index contributed by atoms with van der Waals surface area (Å²) < 4.78 is 0.639. The van der Waals surface area contributed by atoms with Crippen LogP contribution in [0.3, 0.4) is 0 Å². The van der Waals surface area contributed by atoms with E-state index in [1.807, 2.05) is 0 Å². The van der Waals surface area contributed by atoms with E-state index in [9.17, 15) is 5.11 Å². The highest BCUT2D eigenvalue weighted by molar-refractivity contribution is 7.22. The molecule has 0 aliphatic rings. The zero-order valence-corrected chi connectivity index (χ0v) is 7.49. The summed E-state index contributed by atoms with van der Waals surface area (Å²) in [6.07, 6.45) is 0. The second-order valence-electron chi connectivity index (χ2n) is 2.30. The van der Waals surface area contributed by atoms with Crippen LogP contribution in [0.2, 0.25) is 5.02 Å². The van der Waals surface area contributed by atoms with Crippen molar-refractivity contribution in [2.75, 3.05) is 5.73 Å². The molecule has 3 nitrogen and oxygen atoms in total. The average molecular weight is 201 g/mol. The molecule has 0 unspecified atom stereocenters. The molecule has 0 fully saturated rings. The van der Waals surface area contributed by atoms with E-state index in [0.717, 1.165) is 0 Å². The Balaban J connectivity index is 2.93. The molecule has 0 saturated carbocycles. The molecule has 0 saturated heterocycles. The SMILES string of the molecule is Nc1nc2c(Cl)ccc(O)c2s1. The highest BCUT2D eigenvalue weighted by atomic mass is 35.5. The molecule has 5 heteroatoms. The van der Waals surface area contributed by atoms with Gasteiger partial charge in [0.15, 0.2) is 5.13 Å². The van der Waals surface area contributed by atoms with E-state index in [4.69, 9.17) is 17.3 Å². The zero-order chi connectivity index (χ0) is 8.72. The number of rotatable bonds is 0. The normalized spacial score (nSPS) is 10.8. The van der Waals surface area contributed by atoms with Gasteiger partial charge in [-0.3, -0.25) is 0 Å². The van der Waals surface area contributed by atoms with Gasteiger partial charge < -0.3 is 10.8 Å². The van der Waals surface area contributed by atoms with Crippen LogP contribution in [0.15, 0.2) is 12.1 Å². The lowest BCUT2D eigenvalue weighted by atomic mass is 10.3. The average Bonchev–Trinajstić information content (AvgIpc) is 2.41. The van der Waals surface area contributed by atoms with Gasteiger partial charge in [-0.15, -0.1) is 0 Å². The molecule has 0 aliphatic heterocycles. The molecule has 2 rings (SSSR count). The number of hydrogen-bond acceptors (Lipinski definition) is 4. The molecule has 0 amide bonds. The van der Waals surface area contributed by atoms with Crippen LogP contribution < -0.4 is 5.73 Å². The van der Waals surface area contributed by atoms with Gasteiger partial charge >= 0.3 is 0 Å². The van der Waals surface area contributed by atoms with Gasteiger partial charge in [0.1, 0.15) is 11.3 Å². The minimum absolute atomic E-state index is 0.170. The van der Waals surface area contributed by atoms with Gasteiger partial charge in [-0.2, -0.15) is 0 Å². The maximum atomic E-state index is 9.37. The fourth-order valence-electron chi connectivity index (χ4n) is 0.979. The fraction of sp³-hybridized carbons (Fsp3) is 0. The van der Waals surface area contributed by atoms with E-state index in [-0.39, 0.29) is 5.75 Å². The van der Waals surface area contributed by atoms with Gasteiger partial charge in [-0.1, -0.05) is 22.9 Å². The van der Waals surface area contributed by atoms with Crippen LogP contribution in [0.1, 0.15) is 0 Å². The van der Waals surface area contributed by atoms with Gasteiger partial charge in [0, 0.05) is 0 Å². The second kappa shape index (κ2) is 2.50. The number of nitrogen functional groups attached to an aromatic ring is 1. The summed E-state index contributed by atoms with van der Waals surface area (Å²) in [6.45, 7) is 0. The summed E-state index contributed by atoms with van der Waals surface area (Å²) in [5, 5.41) is 10.3. The summed E-state index contributed by atoms with van der Waals surface area (Å²) in [6, 6.07) is 3.13. The number of nitrogens with two attached hydrogens (primary N) is 1. The maximum absolute atomic E-state index is 9.37. The molecule has 12 heavy (non-hydrogen) atoms. The first-order chi connectivity index (χ1) is 5.68. The summed E-state index contributed by atoms with van der Waals surface area (Å²) in [7, 11) is 0. The van der Waals surface area contributed by atoms with E-state index in [0.29, 0.717) is 20.4 Å². The first-order valence-corrected chi connectivity index (χ1v) is 4.41. The van der Waals surface area contributed by atoms with Crippen LogP contribution in [0, 0.1) is 0 Å². The zero-order valence-electron chi connectivity index (χ0n) is 5.91. The Kier molecular flexibility index (Phi) is 1.59. The largest absolute Gasteiger partial charge is 0.506 e. The molecular formula is C7H5ClN2OS. The highest BCUT2D eigenvalue weighted by Crippen LogP contribution is 2.35. The lowest BCUT2D eigenvalue weighted by Gasteiger charge is -1.93. The van der Waals surface area contributed by atoms with Crippen molar-refractivity contribution in [3.63, 3.8) is 0 Å². The third-order valence-electron chi connectivity index (χ3n) is 1.49. The third-order valence-corrected chi connectivity index (χ3v) is 2.70. The van der Waals surface area contributed by atoms with Crippen LogP contribution in [-0.2, 0) is 0 Å². The lowest BCUT2D eigenvalue weighted by molar-refractivity contribution is 0.482. The van der Waals surface area contributed by atoms with Gasteiger partial charge in [0.2, 0.25) is 0 Å². The summed E-state index contributed by atoms with van der Waals surface area (Å²) >= 11 is 7.04. The maximum Gasteiger partial charge on any atom is 0.181 e. The Morgan fingerprint density at radius 3 is 2.92 bits per heavy atom. The number of benzene rings is 1. The minimum atomic E-state index is 0.170. The quantitative estimate of drug-likeness (QED) is 0.686. The van der Waals surface area contributed by atoms with Gasteiger partial charge in [0.25, 0.3) is 0 Å². The molecule has 0 aliphatic carbocycles. The molecule has 3 N–H and O–H groups in total. The van der Waals surface area contributed by atoms with Crippen molar-refractivity contribution in [1.82, 2.24) is 4.98 Å². The number of hydrogen-bond donors (Lipinski definition) is 2. The number of aromatic nitrogens is 1. The molecule has 1 aromatic carbocycles. The molecule has 0 radical (unpaired) electrons. The van der Waals surface area contributed by atoms with E-state index in [1.165, 1.54) is 17.4 Å². The Bertz CT molecular complexity index is 401. The Morgan fingerprint density at radius 1 is 1.50 bits per heavy atom. The number of anilines is 1. The smallest absolute Gasteiger partial charge is 0.181 e. The molecular weight excluding hydrogens is 196 g/mol. The molecule has 1 aromatic heterocycles. The number of fused-ring (bicyclic) bond motifs is 1. The van der Waals surface area contributed by atoms with Crippen molar-refractivity contribution >= 4 is 38.3 Å². The standard InChI is InChI=1S/C7H5ClN2OS/c8-3-1-2-4(11)6-5(3)10-7(9)12-6/h1-2,11H,(H2,9,10). The molecule has 62 valence electrons. The van der Waals surface area contributed by atoms with Gasteiger partial charge in [-0.25, -0.2) is 4.98 Å². The number of phenolic OH excluding ortho intramolecular Hbond substituents is 1. The van der Waals surface area contributed by atoms with E-state index in [1.54, 1.807) is 6.07 Å². The Labute approximate surface area is 77.4 Å². The molecule has 0 spiro atoms. The number of thiazole rings is 1. The van der Waals surface area contributed by atoms with Crippen molar-refractivity contribution in [2.24, 2.45) is 0 Å². The molecule has 0 bridgehead atoms. The first-order valence-electron chi connectivity index (χ1n) is 3.22. The summed E-state index contributed by atoms with van der Waals surface area (Å²) in [5.74, 6) is 0.170. The monoisotopic (exact) mass is 200 g/mol. The topological polar surface area (TPSA) is 59.1 Å². The van der Waals surface area contributed by atoms with Crippen molar-refractivity contribution in [3.8, 4) is 5.75 Å². The second-order valence-corrected chi connectivity index (χ2v) is 3.73. The summed E-state index contributed by atoms with van der Waals surface area (Å²) in [5.41, 5.74) is 6.03. The van der Waals surface area contributed by atoms with Crippen molar-refractivity contribution in [1.29, 1.82) is 0 Å². The van der Waals surface area contributed by atoms with Crippen LogP contribution in [0.4, 0.5) is 5.13 Å². The predicted molar refractivity (Wildman–Crippen MR) is 50.7 cm³/mol. The third kappa shape index (κ3) is 1.00. The van der Waals surface area contributed by atoms with Gasteiger partial charge in [0.05, 0.1) is 9.72 Å². The summed E-state index contributed by atoms with van der Waals surface area (Å²) in [4.78, 5) is 3.98.